The molecule has 2 N–H and O–H groups in total. The minimum absolute atomic E-state index is 0.548. The molecule has 0 unspecified atom stereocenters. The van der Waals surface area contributed by atoms with Gasteiger partial charge >= 0.3 is 6.09 Å². The number of hydrogen-bond donors (Lipinski definition) is 2. The molecule has 1 aromatic carbocycles. The highest BCUT2D eigenvalue weighted by atomic mass is 16.4. The van der Waals surface area contributed by atoms with Crippen LogP contribution in [0.4, 0.5) is 10.5 Å². The van der Waals surface area contributed by atoms with Crippen LogP contribution in [-0.2, 0) is 6.42 Å². The Hall–Kier alpha value is -2.47. The summed E-state index contributed by atoms with van der Waals surface area (Å²) in [5.74, 6) is 0.880. The largest absolute Gasteiger partial charge is 0.465 e. The zero-order valence-electron chi connectivity index (χ0n) is 14.3. The molecule has 132 valence electrons. The maximum absolute atomic E-state index is 10.6. The van der Waals surface area contributed by atoms with Crippen LogP contribution in [0.3, 0.4) is 0 Å². The van der Waals surface area contributed by atoms with Crippen molar-refractivity contribution in [3.8, 4) is 11.1 Å². The first-order chi connectivity index (χ1) is 12.2. The van der Waals surface area contributed by atoms with Crippen LogP contribution in [0.25, 0.3) is 11.1 Å². The summed E-state index contributed by atoms with van der Waals surface area (Å²) in [6, 6.07) is 7.19. The molecule has 6 nitrogen and oxygen atoms in total. The van der Waals surface area contributed by atoms with Crippen LogP contribution < -0.4 is 5.32 Å². The summed E-state index contributed by atoms with van der Waals surface area (Å²) in [6.07, 6.45) is 8.62. The number of anilines is 1. The first-order valence-electron chi connectivity index (χ1n) is 8.84. The number of nitrogens with one attached hydrogen (secondary N) is 1. The number of piperidine rings is 1. The maximum atomic E-state index is 10.6. The number of nitrogens with zero attached hydrogens (tertiary/aromatic N) is 3. The van der Waals surface area contributed by atoms with E-state index in [1.165, 1.54) is 32.4 Å². The molecular formula is C19H24N4O2. The Kier molecular flexibility index (Phi) is 5.95. The number of aryl methyl sites for hydroxylation is 1. The van der Waals surface area contributed by atoms with E-state index in [1.54, 1.807) is 12.1 Å². The zero-order valence-corrected chi connectivity index (χ0v) is 14.3. The van der Waals surface area contributed by atoms with Gasteiger partial charge in [0.05, 0.1) is 0 Å². The zero-order chi connectivity index (χ0) is 17.5. The Morgan fingerprint density at radius 2 is 1.72 bits per heavy atom. The number of hydrogen-bond acceptors (Lipinski definition) is 4. The van der Waals surface area contributed by atoms with Crippen molar-refractivity contribution in [1.29, 1.82) is 0 Å². The van der Waals surface area contributed by atoms with Gasteiger partial charge in [-0.15, -0.1) is 0 Å². The number of amides is 1. The Balaban J connectivity index is 1.51. The predicted octanol–water partition coefficient (Wildman–Crippen LogP) is 3.65. The van der Waals surface area contributed by atoms with Crippen LogP contribution in [0.2, 0.25) is 0 Å². The Morgan fingerprint density at radius 3 is 2.36 bits per heavy atom. The standard InChI is InChI=1S/C19H24N4O2/c24-19(25)22-17-8-6-15(7-9-17)16-13-20-18(21-14-16)5-4-12-23-10-2-1-3-11-23/h6-9,13-14,22H,1-5,10-12H2,(H,24,25). The highest BCUT2D eigenvalue weighted by molar-refractivity contribution is 5.83. The molecule has 1 fully saturated rings. The molecule has 0 aliphatic carbocycles. The molecule has 0 atom stereocenters. The molecule has 1 aliphatic heterocycles. The van der Waals surface area contributed by atoms with Crippen molar-refractivity contribution in [2.45, 2.75) is 32.1 Å². The quantitative estimate of drug-likeness (QED) is 0.839. The lowest BCUT2D eigenvalue weighted by atomic mass is 10.1. The fraction of sp³-hybridized carbons (Fsp3) is 0.421. The highest BCUT2D eigenvalue weighted by Crippen LogP contribution is 2.20. The van der Waals surface area contributed by atoms with Crippen molar-refractivity contribution >= 4 is 11.8 Å². The molecule has 25 heavy (non-hydrogen) atoms. The summed E-state index contributed by atoms with van der Waals surface area (Å²) >= 11 is 0. The van der Waals surface area contributed by atoms with Gasteiger partial charge in [0.2, 0.25) is 0 Å². The van der Waals surface area contributed by atoms with Crippen molar-refractivity contribution < 1.29 is 9.90 Å². The van der Waals surface area contributed by atoms with E-state index >= 15 is 0 Å². The van der Waals surface area contributed by atoms with Crippen LogP contribution in [0.1, 0.15) is 31.5 Å². The van der Waals surface area contributed by atoms with E-state index in [0.29, 0.717) is 5.69 Å². The summed E-state index contributed by atoms with van der Waals surface area (Å²) in [4.78, 5) is 22.1. The van der Waals surface area contributed by atoms with Crippen LogP contribution in [0.15, 0.2) is 36.7 Å². The molecule has 0 radical (unpaired) electrons. The third-order valence-electron chi connectivity index (χ3n) is 4.50. The smallest absolute Gasteiger partial charge is 0.409 e. The predicted molar refractivity (Wildman–Crippen MR) is 97.7 cm³/mol. The Bertz CT molecular complexity index is 680. The minimum atomic E-state index is -1.06. The molecule has 0 bridgehead atoms. The van der Waals surface area contributed by atoms with Crippen LogP contribution in [0.5, 0.6) is 0 Å². The van der Waals surface area contributed by atoms with Gasteiger partial charge in [-0.25, -0.2) is 14.8 Å². The summed E-state index contributed by atoms with van der Waals surface area (Å²) in [5.41, 5.74) is 2.45. The molecule has 0 saturated carbocycles. The lowest BCUT2D eigenvalue weighted by Gasteiger charge is -2.26. The lowest BCUT2D eigenvalue weighted by molar-refractivity contribution is 0.210. The van der Waals surface area contributed by atoms with Gasteiger partial charge in [-0.1, -0.05) is 18.6 Å². The van der Waals surface area contributed by atoms with Crippen molar-refractivity contribution in [2.24, 2.45) is 0 Å². The molecule has 1 amide bonds. The second-order valence-corrected chi connectivity index (χ2v) is 6.40. The number of aromatic nitrogens is 2. The van der Waals surface area contributed by atoms with E-state index < -0.39 is 6.09 Å². The SMILES string of the molecule is O=C(O)Nc1ccc(-c2cnc(CCCN3CCCCC3)nc2)cc1. The third kappa shape index (κ3) is 5.26. The van der Waals surface area contributed by atoms with E-state index in [1.807, 2.05) is 24.5 Å². The molecule has 1 aliphatic rings. The number of carbonyl (C=O) groups is 1. The van der Waals surface area contributed by atoms with Gasteiger partial charge in [0.25, 0.3) is 0 Å². The fourth-order valence-corrected chi connectivity index (χ4v) is 3.15. The van der Waals surface area contributed by atoms with Gasteiger partial charge < -0.3 is 10.0 Å². The summed E-state index contributed by atoms with van der Waals surface area (Å²) < 4.78 is 0. The lowest BCUT2D eigenvalue weighted by Crippen LogP contribution is -2.30. The van der Waals surface area contributed by atoms with Crippen LogP contribution in [-0.4, -0.2) is 45.7 Å². The van der Waals surface area contributed by atoms with Crippen LogP contribution >= 0.6 is 0 Å². The second kappa shape index (κ2) is 8.58. The molecular weight excluding hydrogens is 316 g/mol. The minimum Gasteiger partial charge on any atom is -0.465 e. The van der Waals surface area contributed by atoms with Gasteiger partial charge in [-0.2, -0.15) is 0 Å². The van der Waals surface area contributed by atoms with E-state index in [-0.39, 0.29) is 0 Å². The van der Waals surface area contributed by atoms with Gasteiger partial charge in [0, 0.05) is 30.1 Å². The number of rotatable bonds is 6. The first kappa shape index (κ1) is 17.4. The summed E-state index contributed by atoms with van der Waals surface area (Å²) in [5, 5.41) is 11.0. The van der Waals surface area contributed by atoms with E-state index in [9.17, 15) is 4.79 Å². The molecule has 1 saturated heterocycles. The van der Waals surface area contributed by atoms with Crippen molar-refractivity contribution in [3.05, 3.63) is 42.5 Å². The monoisotopic (exact) mass is 340 g/mol. The van der Waals surface area contributed by atoms with E-state index in [4.69, 9.17) is 5.11 Å². The van der Waals surface area contributed by atoms with Gasteiger partial charge in [0.15, 0.2) is 0 Å². The van der Waals surface area contributed by atoms with Gasteiger partial charge in [-0.3, -0.25) is 5.32 Å². The highest BCUT2D eigenvalue weighted by Gasteiger charge is 2.09. The normalized spacial score (nSPS) is 15.0. The number of likely N-dealkylation sites (tertiary alicyclic amines) is 1. The second-order valence-electron chi connectivity index (χ2n) is 6.40. The van der Waals surface area contributed by atoms with E-state index in [2.05, 4.69) is 20.2 Å². The Morgan fingerprint density at radius 1 is 1.04 bits per heavy atom. The van der Waals surface area contributed by atoms with Crippen LogP contribution in [0, 0.1) is 0 Å². The third-order valence-corrected chi connectivity index (χ3v) is 4.50. The molecule has 3 rings (SSSR count). The van der Waals surface area contributed by atoms with Crippen molar-refractivity contribution in [2.75, 3.05) is 25.0 Å². The fourth-order valence-electron chi connectivity index (χ4n) is 3.15. The average Bonchev–Trinajstić information content (AvgIpc) is 2.63. The first-order valence-corrected chi connectivity index (χ1v) is 8.84. The van der Waals surface area contributed by atoms with Gasteiger partial charge in [-0.05, 0) is 56.6 Å². The topological polar surface area (TPSA) is 78.3 Å². The number of benzene rings is 1. The van der Waals surface area contributed by atoms with E-state index in [0.717, 1.165) is 36.3 Å². The van der Waals surface area contributed by atoms with Crippen molar-refractivity contribution in [1.82, 2.24) is 14.9 Å². The molecule has 0 spiro atoms. The summed E-state index contributed by atoms with van der Waals surface area (Å²) in [7, 11) is 0. The van der Waals surface area contributed by atoms with Crippen molar-refractivity contribution in [3.63, 3.8) is 0 Å². The maximum Gasteiger partial charge on any atom is 0.409 e. The Labute approximate surface area is 147 Å². The van der Waals surface area contributed by atoms with Gasteiger partial charge in [0.1, 0.15) is 5.82 Å². The molecule has 2 heterocycles. The molecule has 2 aromatic rings. The summed E-state index contributed by atoms with van der Waals surface area (Å²) in [6.45, 7) is 3.59. The number of carboxylic acid groups (broad SMARTS) is 1. The molecule has 6 heteroatoms. The average molecular weight is 340 g/mol. The molecule has 1 aromatic heterocycles.